The van der Waals surface area contributed by atoms with Crippen LogP contribution in [0.2, 0.25) is 0 Å². The Morgan fingerprint density at radius 3 is 2.69 bits per heavy atom. The Morgan fingerprint density at radius 1 is 1.14 bits per heavy atom. The fourth-order valence-corrected chi connectivity index (χ4v) is 6.13. The molecule has 2 atom stereocenters. The number of fused-ring (bicyclic) bond motifs is 3. The smallest absolute Gasteiger partial charge is 0.308 e. The molecule has 0 fully saturated rings. The first-order valence-corrected chi connectivity index (χ1v) is 13.6. The average molecular weight is 568 g/mol. The molecule has 5 heterocycles. The molecular weight excluding hydrogens is 538 g/mol. The van der Waals surface area contributed by atoms with Crippen LogP contribution in [0.15, 0.2) is 84.0 Å². The SMILES string of the molecule is C=C1CC=C(C)ON=C1C1(c2cnn(C)c2)NC(c2[nH]nc(-c3ccc(F)cc3)[n+]2C)Cc2c1[nH]c1ccc(F)cc21. The third kappa shape index (κ3) is 3.99. The second-order valence-electron chi connectivity index (χ2n) is 10.9. The summed E-state index contributed by atoms with van der Waals surface area (Å²) in [7, 11) is 3.77. The number of halogens is 2. The lowest BCUT2D eigenvalue weighted by Gasteiger charge is -2.41. The molecule has 2 aliphatic rings. The molecule has 0 bridgehead atoms. The molecule has 0 saturated carbocycles. The Morgan fingerprint density at radius 2 is 1.93 bits per heavy atom. The lowest BCUT2D eigenvalue weighted by Crippen LogP contribution is -2.57. The molecule has 0 saturated heterocycles. The number of rotatable bonds is 4. The van der Waals surface area contributed by atoms with Gasteiger partial charge in [-0.05, 0) is 73.0 Å². The van der Waals surface area contributed by atoms with Gasteiger partial charge in [-0.25, -0.2) is 13.3 Å². The molecule has 0 aliphatic carbocycles. The Labute approximate surface area is 240 Å². The van der Waals surface area contributed by atoms with Crippen LogP contribution in [0.25, 0.3) is 22.3 Å². The Bertz CT molecular complexity index is 1930. The normalized spacial score (nSPS) is 20.6. The van der Waals surface area contributed by atoms with Crippen molar-refractivity contribution >= 4 is 16.6 Å². The second kappa shape index (κ2) is 9.59. The van der Waals surface area contributed by atoms with Crippen LogP contribution in [0, 0.1) is 11.6 Å². The number of nitrogens with zero attached hydrogens (tertiary/aromatic N) is 5. The van der Waals surface area contributed by atoms with E-state index in [1.165, 1.54) is 18.2 Å². The third-order valence-electron chi connectivity index (χ3n) is 8.17. The lowest BCUT2D eigenvalue weighted by atomic mass is 9.74. The predicted octanol–water partition coefficient (Wildman–Crippen LogP) is 4.76. The van der Waals surface area contributed by atoms with Gasteiger partial charge < -0.3 is 9.82 Å². The highest BCUT2D eigenvalue weighted by Gasteiger charge is 2.51. The van der Waals surface area contributed by atoms with Gasteiger partial charge in [0.15, 0.2) is 0 Å². The number of H-pyrrole nitrogens is 2. The van der Waals surface area contributed by atoms with Crippen LogP contribution in [0.3, 0.4) is 0 Å². The fourth-order valence-electron chi connectivity index (χ4n) is 6.13. The minimum Gasteiger partial charge on any atom is -0.362 e. The zero-order chi connectivity index (χ0) is 29.2. The maximum atomic E-state index is 14.7. The van der Waals surface area contributed by atoms with Gasteiger partial charge in [0.05, 0.1) is 24.5 Å². The highest BCUT2D eigenvalue weighted by Crippen LogP contribution is 2.45. The average Bonchev–Trinajstić information content (AvgIpc) is 3.66. The van der Waals surface area contributed by atoms with E-state index in [2.05, 4.69) is 37.3 Å². The third-order valence-corrected chi connectivity index (χ3v) is 8.17. The first kappa shape index (κ1) is 26.0. The van der Waals surface area contributed by atoms with Crippen LogP contribution in [0.4, 0.5) is 8.78 Å². The molecule has 212 valence electrons. The Balaban J connectivity index is 1.48. The maximum Gasteiger partial charge on any atom is 0.308 e. The van der Waals surface area contributed by atoms with Crippen molar-refractivity contribution < 1.29 is 18.2 Å². The van der Waals surface area contributed by atoms with E-state index in [0.717, 1.165) is 44.7 Å². The van der Waals surface area contributed by atoms with Gasteiger partial charge >= 0.3 is 5.82 Å². The van der Waals surface area contributed by atoms with Crippen molar-refractivity contribution in [2.75, 3.05) is 0 Å². The number of aryl methyl sites for hydroxylation is 1. The molecule has 9 nitrogen and oxygen atoms in total. The number of nitrogens with one attached hydrogen (secondary N) is 3. The summed E-state index contributed by atoms with van der Waals surface area (Å²) in [5, 5.41) is 21.6. The molecule has 0 spiro atoms. The molecule has 2 aromatic carbocycles. The molecule has 0 radical (unpaired) electrons. The second-order valence-corrected chi connectivity index (χ2v) is 10.9. The number of allylic oxidation sites excluding steroid dienone is 2. The Kier molecular flexibility index (Phi) is 5.94. The molecule has 11 heteroatoms. The van der Waals surface area contributed by atoms with Crippen molar-refractivity contribution in [1.82, 2.24) is 30.3 Å². The summed E-state index contributed by atoms with van der Waals surface area (Å²) >= 11 is 0. The van der Waals surface area contributed by atoms with Gasteiger partial charge in [-0.15, -0.1) is 5.10 Å². The molecule has 5 aromatic rings. The van der Waals surface area contributed by atoms with Crippen molar-refractivity contribution in [3.05, 3.63) is 113 Å². The van der Waals surface area contributed by atoms with E-state index < -0.39 is 5.54 Å². The first-order valence-electron chi connectivity index (χ1n) is 13.6. The van der Waals surface area contributed by atoms with Gasteiger partial charge in [0.25, 0.3) is 5.82 Å². The Hall–Kier alpha value is -4.90. The van der Waals surface area contributed by atoms with Crippen LogP contribution >= 0.6 is 0 Å². The minimum atomic E-state index is -1.09. The quantitative estimate of drug-likeness (QED) is 0.273. The van der Waals surface area contributed by atoms with E-state index in [-0.39, 0.29) is 17.7 Å². The van der Waals surface area contributed by atoms with E-state index in [0.29, 0.717) is 30.1 Å². The summed E-state index contributed by atoms with van der Waals surface area (Å²) in [5.41, 5.74) is 4.38. The standard InChI is InChI=1S/C31H28F2N8O/c1-17-5-6-18(2)42-39-27(17)31(20-15-34-40(3)16-20)28-24(23-13-22(33)11-12-25(23)35-28)14-26(36-31)30-38-37-29(41(30)4)19-7-9-21(32)10-8-19/h6-13,15-16,26,35-36H,1,5,14H2,2-4H3/p+1. The topological polar surface area (TPSA) is 99.8 Å². The van der Waals surface area contributed by atoms with Gasteiger partial charge in [0.2, 0.25) is 0 Å². The molecule has 3 aromatic heterocycles. The fraction of sp³-hybridized carbons (Fsp3) is 0.226. The molecule has 7 rings (SSSR count). The highest BCUT2D eigenvalue weighted by atomic mass is 19.1. The summed E-state index contributed by atoms with van der Waals surface area (Å²) in [4.78, 5) is 9.41. The van der Waals surface area contributed by atoms with Crippen LogP contribution in [0.1, 0.15) is 42.0 Å². The van der Waals surface area contributed by atoms with Gasteiger partial charge in [0, 0.05) is 41.2 Å². The van der Waals surface area contributed by atoms with Crippen LogP contribution < -0.4 is 9.88 Å². The molecule has 3 N–H and O–H groups in total. The summed E-state index contributed by atoms with van der Waals surface area (Å²) in [6.45, 7) is 6.25. The molecule has 0 amide bonds. The van der Waals surface area contributed by atoms with Crippen molar-refractivity contribution in [2.45, 2.75) is 31.3 Å². The molecule has 2 aliphatic heterocycles. The predicted molar refractivity (Wildman–Crippen MR) is 153 cm³/mol. The maximum absolute atomic E-state index is 14.7. The highest BCUT2D eigenvalue weighted by molar-refractivity contribution is 6.10. The summed E-state index contributed by atoms with van der Waals surface area (Å²) < 4.78 is 32.0. The number of oxime groups is 1. The summed E-state index contributed by atoms with van der Waals surface area (Å²) in [6, 6.07) is 10.6. The van der Waals surface area contributed by atoms with Crippen LogP contribution in [-0.2, 0) is 30.9 Å². The van der Waals surface area contributed by atoms with Crippen molar-refractivity contribution in [2.24, 2.45) is 19.3 Å². The number of hydrogen-bond donors (Lipinski definition) is 3. The van der Waals surface area contributed by atoms with Crippen molar-refractivity contribution in [1.29, 1.82) is 0 Å². The van der Waals surface area contributed by atoms with Crippen LogP contribution in [0.5, 0.6) is 0 Å². The minimum absolute atomic E-state index is 0.317. The number of aromatic nitrogens is 6. The van der Waals surface area contributed by atoms with E-state index in [4.69, 9.17) is 4.84 Å². The zero-order valence-corrected chi connectivity index (χ0v) is 23.4. The van der Waals surface area contributed by atoms with E-state index >= 15 is 0 Å². The van der Waals surface area contributed by atoms with Crippen molar-refractivity contribution in [3.8, 4) is 11.4 Å². The van der Waals surface area contributed by atoms with E-state index in [1.807, 2.05) is 37.9 Å². The molecule has 2 unspecified atom stereocenters. The van der Waals surface area contributed by atoms with Crippen LogP contribution in [-0.4, -0.2) is 30.7 Å². The summed E-state index contributed by atoms with van der Waals surface area (Å²) in [6.07, 6.45) is 6.72. The summed E-state index contributed by atoms with van der Waals surface area (Å²) in [5.74, 6) is 1.45. The molecule has 42 heavy (non-hydrogen) atoms. The number of benzene rings is 2. The molecular formula is C31H29F2N8O+. The number of aromatic amines is 2. The number of hydrogen-bond acceptors (Lipinski definition) is 5. The zero-order valence-electron chi connectivity index (χ0n) is 23.4. The van der Waals surface area contributed by atoms with Crippen molar-refractivity contribution in [3.63, 3.8) is 0 Å². The van der Waals surface area contributed by atoms with Gasteiger partial charge in [-0.3, -0.25) is 10.00 Å². The first-order chi connectivity index (χ1) is 20.2. The van der Waals surface area contributed by atoms with E-state index in [9.17, 15) is 8.78 Å². The monoisotopic (exact) mass is 567 g/mol. The van der Waals surface area contributed by atoms with Gasteiger partial charge in [0.1, 0.15) is 34.7 Å². The lowest BCUT2D eigenvalue weighted by molar-refractivity contribution is -0.670. The largest absolute Gasteiger partial charge is 0.362 e. The van der Waals surface area contributed by atoms with Gasteiger partial charge in [-0.1, -0.05) is 11.7 Å². The van der Waals surface area contributed by atoms with Gasteiger partial charge in [-0.2, -0.15) is 5.10 Å². The van der Waals surface area contributed by atoms with E-state index in [1.54, 1.807) is 35.1 Å².